The van der Waals surface area contributed by atoms with Crippen molar-refractivity contribution in [3.05, 3.63) is 70.1 Å². The van der Waals surface area contributed by atoms with E-state index in [1.54, 1.807) is 38.1 Å². The molecule has 0 saturated carbocycles. The highest BCUT2D eigenvalue weighted by atomic mass is 19.1. The monoisotopic (exact) mass is 631 g/mol. The molecule has 7 rings (SSSR count). The highest BCUT2D eigenvalue weighted by molar-refractivity contribution is 5.93. The molecular formula is C36H37F4N5O. The number of allylic oxidation sites excluding steroid dienone is 3. The molecule has 10 heteroatoms. The molecule has 3 aromatic rings. The smallest absolute Gasteiger partial charge is 0.319 e. The average molecular weight is 632 g/mol. The van der Waals surface area contributed by atoms with Crippen molar-refractivity contribution < 1.29 is 22.3 Å². The molecule has 2 aromatic carbocycles. The lowest BCUT2D eigenvalue weighted by Gasteiger charge is -2.34. The number of piperazine rings is 1. The maximum Gasteiger partial charge on any atom is 0.319 e. The Morgan fingerprint density at radius 1 is 1.15 bits per heavy atom. The van der Waals surface area contributed by atoms with Gasteiger partial charge in [-0.15, -0.1) is 6.42 Å². The van der Waals surface area contributed by atoms with Crippen molar-refractivity contribution in [3.63, 3.8) is 0 Å². The number of terminal acetylenes is 1. The summed E-state index contributed by atoms with van der Waals surface area (Å²) in [7, 11) is 0. The molecule has 2 bridgehead atoms. The molecule has 240 valence electrons. The molecule has 1 aromatic heterocycles. The largest absolute Gasteiger partial charge is 0.461 e. The molecular weight excluding hydrogens is 594 g/mol. The number of alkyl halides is 1. The molecule has 4 aliphatic heterocycles. The van der Waals surface area contributed by atoms with Gasteiger partial charge in [0, 0.05) is 43.5 Å². The lowest BCUT2D eigenvalue weighted by Crippen LogP contribution is -2.51. The normalized spacial score (nSPS) is 26.3. The lowest BCUT2D eigenvalue weighted by molar-refractivity contribution is 0.107. The Balaban J connectivity index is 1.26. The summed E-state index contributed by atoms with van der Waals surface area (Å²) in [6, 6.07) is 4.76. The van der Waals surface area contributed by atoms with Gasteiger partial charge in [0.2, 0.25) is 0 Å². The minimum absolute atomic E-state index is 0.00556. The Labute approximate surface area is 266 Å². The number of halogens is 4. The molecule has 4 atom stereocenters. The Kier molecular flexibility index (Phi) is 8.02. The first-order valence-electron chi connectivity index (χ1n) is 16.0. The highest BCUT2D eigenvalue weighted by Crippen LogP contribution is 2.41. The van der Waals surface area contributed by atoms with E-state index in [2.05, 4.69) is 26.0 Å². The predicted molar refractivity (Wildman–Crippen MR) is 172 cm³/mol. The van der Waals surface area contributed by atoms with Crippen LogP contribution in [-0.2, 0) is 0 Å². The fourth-order valence-electron chi connectivity index (χ4n) is 7.88. The summed E-state index contributed by atoms with van der Waals surface area (Å²) >= 11 is 0. The van der Waals surface area contributed by atoms with E-state index >= 15 is 8.78 Å². The predicted octanol–water partition coefficient (Wildman–Crippen LogP) is 6.35. The SMILES string of the molecule is C#Cc1c(F)ccc(/C=C\C=C(/C)c2c(F)cc3c(N4CC5CCC(C4)N5)nc(OC[C@@]45CCCN4C[C@H](F)C5)nc3c2F)c1C. The van der Waals surface area contributed by atoms with Crippen molar-refractivity contribution in [2.45, 2.75) is 69.7 Å². The maximum atomic E-state index is 16.4. The van der Waals surface area contributed by atoms with E-state index in [-0.39, 0.29) is 46.7 Å². The van der Waals surface area contributed by atoms with Gasteiger partial charge < -0.3 is 15.0 Å². The van der Waals surface area contributed by atoms with Gasteiger partial charge >= 0.3 is 6.01 Å². The number of anilines is 1. The maximum absolute atomic E-state index is 16.4. The quantitative estimate of drug-likeness (QED) is 0.187. The third kappa shape index (κ3) is 5.43. The highest BCUT2D eigenvalue weighted by Gasteiger charge is 2.49. The second kappa shape index (κ2) is 12.0. The van der Waals surface area contributed by atoms with E-state index < -0.39 is 29.2 Å². The number of aromatic nitrogens is 2. The minimum Gasteiger partial charge on any atom is -0.461 e. The van der Waals surface area contributed by atoms with Gasteiger partial charge in [-0.3, -0.25) is 4.90 Å². The number of rotatable bonds is 7. The van der Waals surface area contributed by atoms with Gasteiger partial charge in [0.25, 0.3) is 0 Å². The van der Waals surface area contributed by atoms with Gasteiger partial charge in [0.1, 0.15) is 35.7 Å². The van der Waals surface area contributed by atoms with Gasteiger partial charge in [0.15, 0.2) is 5.82 Å². The van der Waals surface area contributed by atoms with E-state index in [1.165, 1.54) is 12.1 Å². The van der Waals surface area contributed by atoms with Crippen LogP contribution in [0.15, 0.2) is 30.4 Å². The van der Waals surface area contributed by atoms with Crippen LogP contribution >= 0.6 is 0 Å². The van der Waals surface area contributed by atoms with Crippen molar-refractivity contribution in [2.24, 2.45) is 0 Å². The molecule has 5 heterocycles. The number of nitrogens with zero attached hydrogens (tertiary/aromatic N) is 4. The summed E-state index contributed by atoms with van der Waals surface area (Å²) in [5.74, 6) is 0.804. The fraction of sp³-hybridized carbons (Fsp3) is 0.444. The second-order valence-corrected chi connectivity index (χ2v) is 13.2. The number of nitrogens with one attached hydrogen (secondary N) is 1. The van der Waals surface area contributed by atoms with Crippen LogP contribution in [0.3, 0.4) is 0 Å². The number of hydrogen-bond donors (Lipinski definition) is 1. The van der Waals surface area contributed by atoms with E-state index in [9.17, 15) is 8.78 Å². The average Bonchev–Trinajstić information content (AvgIpc) is 3.67. The van der Waals surface area contributed by atoms with Gasteiger partial charge in [-0.1, -0.05) is 30.2 Å². The number of benzene rings is 2. The zero-order valence-corrected chi connectivity index (χ0v) is 26.1. The van der Waals surface area contributed by atoms with Crippen LogP contribution in [-0.4, -0.2) is 71.4 Å². The van der Waals surface area contributed by atoms with Crippen LogP contribution in [0.25, 0.3) is 22.6 Å². The van der Waals surface area contributed by atoms with E-state index in [4.69, 9.17) is 16.1 Å². The second-order valence-electron chi connectivity index (χ2n) is 13.2. The van der Waals surface area contributed by atoms with Crippen molar-refractivity contribution in [1.29, 1.82) is 0 Å². The molecule has 0 aliphatic carbocycles. The molecule has 0 spiro atoms. The zero-order chi connectivity index (χ0) is 32.2. The Morgan fingerprint density at radius 3 is 2.70 bits per heavy atom. The van der Waals surface area contributed by atoms with E-state index in [0.717, 1.165) is 32.2 Å². The lowest BCUT2D eigenvalue weighted by atomic mass is 9.95. The molecule has 6 nitrogen and oxygen atoms in total. The van der Waals surface area contributed by atoms with Crippen LogP contribution in [0.2, 0.25) is 0 Å². The first kappa shape index (κ1) is 30.7. The van der Waals surface area contributed by atoms with Crippen LogP contribution in [0.1, 0.15) is 61.3 Å². The number of hydrogen-bond acceptors (Lipinski definition) is 6. The third-order valence-corrected chi connectivity index (χ3v) is 10.2. The summed E-state index contributed by atoms with van der Waals surface area (Å²) < 4.78 is 66.9. The summed E-state index contributed by atoms with van der Waals surface area (Å²) in [5.41, 5.74) is 1.17. The fourth-order valence-corrected chi connectivity index (χ4v) is 7.88. The first-order valence-corrected chi connectivity index (χ1v) is 16.0. The van der Waals surface area contributed by atoms with E-state index in [1.807, 2.05) is 0 Å². The van der Waals surface area contributed by atoms with E-state index in [0.29, 0.717) is 48.6 Å². The van der Waals surface area contributed by atoms with Crippen LogP contribution < -0.4 is 15.0 Å². The van der Waals surface area contributed by atoms with Gasteiger partial charge in [-0.25, -0.2) is 17.6 Å². The Bertz CT molecular complexity index is 1790. The molecule has 4 aliphatic rings. The topological polar surface area (TPSA) is 53.5 Å². The number of fused-ring (bicyclic) bond motifs is 4. The first-order chi connectivity index (χ1) is 22.2. The van der Waals surface area contributed by atoms with Crippen molar-refractivity contribution in [1.82, 2.24) is 20.2 Å². The number of ether oxygens (including phenoxy) is 1. The van der Waals surface area contributed by atoms with Gasteiger partial charge in [-0.05, 0) is 74.9 Å². The zero-order valence-electron chi connectivity index (χ0n) is 26.1. The summed E-state index contributed by atoms with van der Waals surface area (Å²) in [4.78, 5) is 13.4. The molecule has 0 amide bonds. The van der Waals surface area contributed by atoms with Crippen molar-refractivity contribution in [2.75, 3.05) is 37.7 Å². The Hall–Kier alpha value is -3.94. The molecule has 2 unspecified atom stereocenters. The molecule has 4 saturated heterocycles. The Morgan fingerprint density at radius 2 is 1.93 bits per heavy atom. The van der Waals surface area contributed by atoms with Crippen molar-refractivity contribution >= 4 is 28.4 Å². The van der Waals surface area contributed by atoms with Crippen molar-refractivity contribution in [3.8, 4) is 18.4 Å². The van der Waals surface area contributed by atoms with Crippen LogP contribution in [0.4, 0.5) is 23.4 Å². The molecule has 4 fully saturated rings. The summed E-state index contributed by atoms with van der Waals surface area (Å²) in [5, 5.41) is 3.87. The minimum atomic E-state index is -0.911. The third-order valence-electron chi connectivity index (χ3n) is 10.2. The molecule has 1 N–H and O–H groups in total. The standard InChI is InChI=1S/C36H37F4N5O/c1-4-27-22(3)23(9-12-29(27)38)8-5-7-21(2)31-30(39)15-28-33(32(31)40)42-35(43-34(28)44-18-25-10-11-26(19-44)41-25)46-20-36-13-6-14-45(36)17-24(37)16-36/h1,5,7-9,12,15,24-26,41H,6,10-11,13-14,16-20H2,2-3H3/b8-5-,21-7+/t24-,25?,26?,36+/m1/s1. The summed E-state index contributed by atoms with van der Waals surface area (Å²) in [6.07, 6.45) is 13.8. The molecule has 0 radical (unpaired) electrons. The van der Waals surface area contributed by atoms with Crippen LogP contribution in [0, 0.1) is 36.7 Å². The molecule has 46 heavy (non-hydrogen) atoms. The van der Waals surface area contributed by atoms with Gasteiger partial charge in [-0.2, -0.15) is 9.97 Å². The van der Waals surface area contributed by atoms with Gasteiger partial charge in [0.05, 0.1) is 16.7 Å². The summed E-state index contributed by atoms with van der Waals surface area (Å²) in [6.45, 7) is 6.07. The van der Waals surface area contributed by atoms with Crippen LogP contribution in [0.5, 0.6) is 6.01 Å².